The Morgan fingerprint density at radius 3 is 2.10 bits per heavy atom. The van der Waals surface area contributed by atoms with Gasteiger partial charge in [0, 0.05) is 41.2 Å². The number of benzene rings is 4. The summed E-state index contributed by atoms with van der Waals surface area (Å²) in [4.78, 5) is 16.7. The molecule has 3 atom stereocenters. The van der Waals surface area contributed by atoms with Gasteiger partial charge in [-0.15, -0.1) is 0 Å². The number of halogens is 3. The molecule has 0 heterocycles. The molecule has 0 spiro atoms. The minimum atomic E-state index is -3.96. The number of carbonyl (C=O) groups is 1. The molecule has 0 aliphatic rings. The molecule has 4 aromatic carbocycles. The molecular weight excluding hydrogens is 645 g/mol. The first-order valence-corrected chi connectivity index (χ1v) is 16.6. The lowest BCUT2D eigenvalue weighted by molar-refractivity contribution is -0.117. The Hall–Kier alpha value is -4.72. The summed E-state index contributed by atoms with van der Waals surface area (Å²) in [5.41, 5.74) is 10.00. The van der Waals surface area contributed by atoms with Gasteiger partial charge in [0.2, 0.25) is 15.9 Å². The molecule has 0 radical (unpaired) electrons. The molecule has 1 amide bonds. The zero-order chi connectivity index (χ0) is 34.7. The number of hydrogen-bond donors (Lipinski definition) is 4. The molecule has 10 nitrogen and oxygen atoms in total. The van der Waals surface area contributed by atoms with Crippen molar-refractivity contribution < 1.29 is 31.5 Å². The summed E-state index contributed by atoms with van der Waals surface area (Å²) in [5.74, 6) is -3.90. The average Bonchev–Trinajstić information content (AvgIpc) is 3.04. The number of amides is 1. The van der Waals surface area contributed by atoms with Crippen molar-refractivity contribution in [2.45, 2.75) is 48.8 Å². The van der Waals surface area contributed by atoms with E-state index in [1.807, 2.05) is 0 Å². The second kappa shape index (κ2) is 16.9. The minimum absolute atomic E-state index is 0.0377. The Kier molecular flexibility index (Phi) is 12.7. The summed E-state index contributed by atoms with van der Waals surface area (Å²) in [6.07, 6.45) is -0.654. The SMILES string of the molecule is C[C@@H](O)CNC[C@H](CCc1c(F)cccc1NC(=O)[C@@H](N=[N+]=[N-])C(c1cccc(F)c1)c1cccc(F)c1)NS(=O)(=O)c1ccccc1. The summed E-state index contributed by atoms with van der Waals surface area (Å²) in [6.45, 7) is 1.86. The Balaban J connectivity index is 1.62. The second-order valence-corrected chi connectivity index (χ2v) is 12.9. The molecule has 0 aliphatic heterocycles. The van der Waals surface area contributed by atoms with E-state index in [2.05, 4.69) is 25.4 Å². The zero-order valence-corrected chi connectivity index (χ0v) is 26.7. The van der Waals surface area contributed by atoms with Crippen molar-refractivity contribution in [3.63, 3.8) is 0 Å². The van der Waals surface area contributed by atoms with Crippen molar-refractivity contribution in [2.75, 3.05) is 18.4 Å². The van der Waals surface area contributed by atoms with Crippen molar-refractivity contribution in [2.24, 2.45) is 5.11 Å². The lowest BCUT2D eigenvalue weighted by Crippen LogP contribution is -2.43. The van der Waals surface area contributed by atoms with Gasteiger partial charge < -0.3 is 15.7 Å². The first-order chi connectivity index (χ1) is 23.0. The molecule has 4 N–H and O–H groups in total. The van der Waals surface area contributed by atoms with Crippen molar-refractivity contribution in [3.8, 4) is 0 Å². The third kappa shape index (κ3) is 9.89. The number of aliphatic hydroxyl groups is 1. The minimum Gasteiger partial charge on any atom is -0.392 e. The fourth-order valence-electron chi connectivity index (χ4n) is 5.29. The van der Waals surface area contributed by atoms with E-state index in [4.69, 9.17) is 0 Å². The van der Waals surface area contributed by atoms with Gasteiger partial charge in [-0.1, -0.05) is 53.6 Å². The quantitative estimate of drug-likeness (QED) is 0.0669. The Labute approximate surface area is 276 Å². The Morgan fingerprint density at radius 2 is 1.52 bits per heavy atom. The topological polar surface area (TPSA) is 156 Å². The lowest BCUT2D eigenvalue weighted by Gasteiger charge is -2.25. The molecule has 48 heavy (non-hydrogen) atoms. The number of hydrogen-bond acceptors (Lipinski definition) is 6. The summed E-state index contributed by atoms with van der Waals surface area (Å²) in [6, 6.07) is 20.0. The first kappa shape index (κ1) is 36.1. The number of carbonyl (C=O) groups excluding carboxylic acids is 1. The van der Waals surface area contributed by atoms with E-state index in [1.54, 1.807) is 25.1 Å². The highest BCUT2D eigenvalue weighted by molar-refractivity contribution is 7.89. The van der Waals surface area contributed by atoms with E-state index in [1.165, 1.54) is 66.7 Å². The smallest absolute Gasteiger partial charge is 0.240 e. The van der Waals surface area contributed by atoms with Crippen LogP contribution in [0.1, 0.15) is 36.0 Å². The average molecular weight is 681 g/mol. The van der Waals surface area contributed by atoms with Gasteiger partial charge in [-0.2, -0.15) is 0 Å². The van der Waals surface area contributed by atoms with E-state index >= 15 is 4.39 Å². The number of nitrogens with zero attached hydrogens (tertiary/aromatic N) is 3. The molecule has 4 aromatic rings. The van der Waals surface area contributed by atoms with Gasteiger partial charge in [0.1, 0.15) is 23.5 Å². The number of nitrogens with one attached hydrogen (secondary N) is 3. The monoisotopic (exact) mass is 680 g/mol. The third-order valence-electron chi connectivity index (χ3n) is 7.50. The first-order valence-electron chi connectivity index (χ1n) is 15.1. The van der Waals surface area contributed by atoms with E-state index < -0.39 is 57.5 Å². The van der Waals surface area contributed by atoms with Crippen LogP contribution in [0.3, 0.4) is 0 Å². The highest BCUT2D eigenvalue weighted by Crippen LogP contribution is 2.33. The summed E-state index contributed by atoms with van der Waals surface area (Å²) in [5, 5.41) is 19.0. The van der Waals surface area contributed by atoms with Crippen LogP contribution in [0, 0.1) is 17.5 Å². The fourth-order valence-corrected chi connectivity index (χ4v) is 6.59. The van der Waals surface area contributed by atoms with Gasteiger partial charge >= 0.3 is 0 Å². The Bertz CT molecular complexity index is 1810. The Morgan fingerprint density at radius 1 is 0.896 bits per heavy atom. The standard InChI is InChI=1S/C34H35F3N6O4S/c1-22(44)20-39-21-27(42-48(46,47)28-12-3-2-4-13-28)16-17-29-30(37)14-7-15-31(29)40-34(45)33(41-43-38)32(23-8-5-10-25(35)18-23)24-9-6-11-26(36)19-24/h2-15,18-19,22,27,32-33,39,42,44H,16-17,20-21H2,1H3,(H,40,45)/t22-,27+,33+/m1/s1. The predicted octanol–water partition coefficient (Wildman–Crippen LogP) is 5.80. The van der Waals surface area contributed by atoms with Gasteiger partial charge in [0.05, 0.1) is 11.0 Å². The van der Waals surface area contributed by atoms with Crippen LogP contribution in [0.25, 0.3) is 10.4 Å². The summed E-state index contributed by atoms with van der Waals surface area (Å²) in [7, 11) is -3.96. The molecule has 0 unspecified atom stereocenters. The van der Waals surface area contributed by atoms with Crippen molar-refractivity contribution in [3.05, 3.63) is 142 Å². The van der Waals surface area contributed by atoms with Crippen LogP contribution in [-0.4, -0.2) is 50.7 Å². The largest absolute Gasteiger partial charge is 0.392 e. The van der Waals surface area contributed by atoms with Crippen molar-refractivity contribution >= 4 is 21.6 Å². The van der Waals surface area contributed by atoms with Crippen LogP contribution in [0.4, 0.5) is 18.9 Å². The second-order valence-electron chi connectivity index (χ2n) is 11.2. The van der Waals surface area contributed by atoms with Crippen LogP contribution in [0.15, 0.2) is 107 Å². The normalized spacial score (nSPS) is 13.4. The van der Waals surface area contributed by atoms with Crippen LogP contribution in [0.2, 0.25) is 0 Å². The molecule has 0 saturated carbocycles. The maximum absolute atomic E-state index is 15.3. The number of sulfonamides is 1. The predicted molar refractivity (Wildman–Crippen MR) is 176 cm³/mol. The molecule has 0 aromatic heterocycles. The number of anilines is 1. The maximum atomic E-state index is 15.3. The molecule has 0 aliphatic carbocycles. The highest BCUT2D eigenvalue weighted by atomic mass is 32.2. The molecular formula is C34H35F3N6O4S. The number of azide groups is 1. The molecule has 0 saturated heterocycles. The van der Waals surface area contributed by atoms with E-state index in [9.17, 15) is 32.6 Å². The summed E-state index contributed by atoms with van der Waals surface area (Å²) >= 11 is 0. The van der Waals surface area contributed by atoms with E-state index in [0.717, 1.165) is 12.1 Å². The maximum Gasteiger partial charge on any atom is 0.240 e. The third-order valence-corrected chi connectivity index (χ3v) is 9.04. The van der Waals surface area contributed by atoms with Crippen molar-refractivity contribution in [1.82, 2.24) is 10.0 Å². The van der Waals surface area contributed by atoms with Gasteiger partial charge in [-0.05, 0) is 85.0 Å². The number of aliphatic hydroxyl groups excluding tert-OH is 1. The summed E-state index contributed by atoms with van der Waals surface area (Å²) < 4.78 is 72.8. The number of rotatable bonds is 16. The lowest BCUT2D eigenvalue weighted by atomic mass is 9.84. The molecule has 0 fully saturated rings. The van der Waals surface area contributed by atoms with Crippen LogP contribution in [-0.2, 0) is 21.2 Å². The van der Waals surface area contributed by atoms with E-state index in [0.29, 0.717) is 0 Å². The molecule has 0 bridgehead atoms. The van der Waals surface area contributed by atoms with Gasteiger partial charge in [-0.3, -0.25) is 4.79 Å². The molecule has 4 rings (SSSR count). The van der Waals surface area contributed by atoms with Gasteiger partial charge in [0.15, 0.2) is 0 Å². The molecule has 14 heteroatoms. The van der Waals surface area contributed by atoms with Gasteiger partial charge in [-0.25, -0.2) is 26.3 Å². The molecule has 252 valence electrons. The van der Waals surface area contributed by atoms with Crippen LogP contribution < -0.4 is 15.4 Å². The van der Waals surface area contributed by atoms with Crippen LogP contribution in [0.5, 0.6) is 0 Å². The van der Waals surface area contributed by atoms with Gasteiger partial charge in [0.25, 0.3) is 0 Å². The fraction of sp³-hybridized carbons (Fsp3) is 0.265. The van der Waals surface area contributed by atoms with Crippen molar-refractivity contribution in [1.29, 1.82) is 0 Å². The zero-order valence-electron chi connectivity index (χ0n) is 25.9. The van der Waals surface area contributed by atoms with Crippen LogP contribution >= 0.6 is 0 Å². The highest BCUT2D eigenvalue weighted by Gasteiger charge is 2.32. The van der Waals surface area contributed by atoms with E-state index in [-0.39, 0.29) is 53.2 Å².